The first-order valence-electron chi connectivity index (χ1n) is 5.16. The molecule has 14 heavy (non-hydrogen) atoms. The van der Waals surface area contributed by atoms with Gasteiger partial charge in [0, 0.05) is 5.69 Å². The van der Waals surface area contributed by atoms with Gasteiger partial charge in [-0.2, -0.15) is 5.10 Å². The minimum absolute atomic E-state index is 0.108. The van der Waals surface area contributed by atoms with Gasteiger partial charge in [-0.25, -0.2) is 0 Å². The standard InChI is InChI=1S/C11H16N2O/c1-7(10-4-5-10)13-8(2)11(6-12-13)9(3)14/h6-7,10H,4-5H2,1-3H3. The van der Waals surface area contributed by atoms with E-state index in [1.165, 1.54) is 12.8 Å². The fraction of sp³-hybridized carbons (Fsp3) is 0.636. The maximum Gasteiger partial charge on any atom is 0.163 e. The van der Waals surface area contributed by atoms with Crippen molar-refractivity contribution in [2.75, 3.05) is 0 Å². The topological polar surface area (TPSA) is 34.9 Å². The van der Waals surface area contributed by atoms with Crippen LogP contribution >= 0.6 is 0 Å². The van der Waals surface area contributed by atoms with Crippen molar-refractivity contribution >= 4 is 5.78 Å². The molecule has 0 aliphatic heterocycles. The number of rotatable bonds is 3. The molecule has 3 nitrogen and oxygen atoms in total. The summed E-state index contributed by atoms with van der Waals surface area (Å²) < 4.78 is 1.99. The summed E-state index contributed by atoms with van der Waals surface area (Å²) >= 11 is 0. The Bertz CT molecular complexity index is 363. The molecule has 1 aliphatic rings. The van der Waals surface area contributed by atoms with Crippen molar-refractivity contribution in [2.45, 2.75) is 39.7 Å². The Morgan fingerprint density at radius 3 is 2.71 bits per heavy atom. The van der Waals surface area contributed by atoms with Crippen LogP contribution in [0.15, 0.2) is 6.20 Å². The maximum atomic E-state index is 11.2. The van der Waals surface area contributed by atoms with Gasteiger partial charge >= 0.3 is 0 Å². The lowest BCUT2D eigenvalue weighted by atomic mass is 10.1. The van der Waals surface area contributed by atoms with Crippen molar-refractivity contribution < 1.29 is 4.79 Å². The first-order valence-corrected chi connectivity index (χ1v) is 5.16. The molecule has 1 aromatic rings. The van der Waals surface area contributed by atoms with Gasteiger partial charge in [0.1, 0.15) is 0 Å². The van der Waals surface area contributed by atoms with Crippen LogP contribution in [-0.2, 0) is 0 Å². The van der Waals surface area contributed by atoms with Crippen molar-refractivity contribution in [1.29, 1.82) is 0 Å². The smallest absolute Gasteiger partial charge is 0.163 e. The number of aromatic nitrogens is 2. The molecule has 1 atom stereocenters. The summed E-state index contributed by atoms with van der Waals surface area (Å²) in [5.74, 6) is 0.880. The van der Waals surface area contributed by atoms with Gasteiger partial charge in [0.15, 0.2) is 5.78 Å². The molecular weight excluding hydrogens is 176 g/mol. The number of ketones is 1. The number of hydrogen-bond donors (Lipinski definition) is 0. The van der Waals surface area contributed by atoms with E-state index in [0.29, 0.717) is 6.04 Å². The van der Waals surface area contributed by atoms with Crippen LogP contribution in [0.25, 0.3) is 0 Å². The molecular formula is C11H16N2O. The Kier molecular flexibility index (Phi) is 2.17. The van der Waals surface area contributed by atoms with E-state index in [-0.39, 0.29) is 5.78 Å². The van der Waals surface area contributed by atoms with Gasteiger partial charge < -0.3 is 0 Å². The quantitative estimate of drug-likeness (QED) is 0.689. The Labute approximate surface area is 84.1 Å². The molecule has 1 aliphatic carbocycles. The second-order valence-electron chi connectivity index (χ2n) is 4.22. The highest BCUT2D eigenvalue weighted by atomic mass is 16.1. The lowest BCUT2D eigenvalue weighted by Gasteiger charge is -2.13. The fourth-order valence-corrected chi connectivity index (χ4v) is 1.96. The van der Waals surface area contributed by atoms with Gasteiger partial charge in [-0.3, -0.25) is 9.48 Å². The highest BCUT2D eigenvalue weighted by Gasteiger charge is 2.30. The SMILES string of the molecule is CC(=O)c1cnn(C(C)C2CC2)c1C. The highest BCUT2D eigenvalue weighted by molar-refractivity contribution is 5.94. The third-order valence-corrected chi connectivity index (χ3v) is 3.11. The summed E-state index contributed by atoms with van der Waals surface area (Å²) in [6.07, 6.45) is 4.29. The third kappa shape index (κ3) is 1.47. The summed E-state index contributed by atoms with van der Waals surface area (Å²) in [5, 5.41) is 4.29. The zero-order chi connectivity index (χ0) is 10.3. The minimum Gasteiger partial charge on any atom is -0.294 e. The summed E-state index contributed by atoms with van der Waals surface area (Å²) in [4.78, 5) is 11.2. The van der Waals surface area contributed by atoms with Crippen molar-refractivity contribution in [3.8, 4) is 0 Å². The van der Waals surface area contributed by atoms with E-state index < -0.39 is 0 Å². The molecule has 2 rings (SSSR count). The molecule has 1 fully saturated rings. The summed E-state index contributed by atoms with van der Waals surface area (Å²) in [5.41, 5.74) is 1.77. The largest absolute Gasteiger partial charge is 0.294 e. The van der Waals surface area contributed by atoms with Crippen LogP contribution in [0.5, 0.6) is 0 Å². The zero-order valence-electron chi connectivity index (χ0n) is 8.95. The van der Waals surface area contributed by atoms with Crippen LogP contribution in [-0.4, -0.2) is 15.6 Å². The van der Waals surface area contributed by atoms with Gasteiger partial charge in [-0.05, 0) is 39.5 Å². The van der Waals surface area contributed by atoms with Gasteiger partial charge in [0.25, 0.3) is 0 Å². The van der Waals surface area contributed by atoms with Crippen molar-refractivity contribution in [1.82, 2.24) is 9.78 Å². The number of Topliss-reactive ketones (excluding diaryl/α,β-unsaturated/α-hetero) is 1. The van der Waals surface area contributed by atoms with E-state index in [4.69, 9.17) is 0 Å². The number of carbonyl (C=O) groups is 1. The average molecular weight is 192 g/mol. The summed E-state index contributed by atoms with van der Waals surface area (Å²) in [7, 11) is 0. The van der Waals surface area contributed by atoms with Gasteiger partial charge in [0.2, 0.25) is 0 Å². The molecule has 0 saturated heterocycles. The van der Waals surface area contributed by atoms with E-state index in [1.54, 1.807) is 13.1 Å². The Hall–Kier alpha value is -1.12. The van der Waals surface area contributed by atoms with Gasteiger partial charge in [-0.15, -0.1) is 0 Å². The predicted molar refractivity (Wildman–Crippen MR) is 54.4 cm³/mol. The Balaban J connectivity index is 2.30. The molecule has 0 spiro atoms. The molecule has 1 unspecified atom stereocenters. The molecule has 1 saturated carbocycles. The molecule has 76 valence electrons. The normalized spacial score (nSPS) is 18.2. The fourth-order valence-electron chi connectivity index (χ4n) is 1.96. The molecule has 0 bridgehead atoms. The number of hydrogen-bond acceptors (Lipinski definition) is 2. The molecule has 0 N–H and O–H groups in total. The van der Waals surface area contributed by atoms with Crippen molar-refractivity contribution in [3.05, 3.63) is 17.5 Å². The summed E-state index contributed by atoms with van der Waals surface area (Å²) in [6.45, 7) is 5.75. The van der Waals surface area contributed by atoms with Crippen molar-refractivity contribution in [2.24, 2.45) is 5.92 Å². The predicted octanol–water partition coefficient (Wildman–Crippen LogP) is 2.37. The van der Waals surface area contributed by atoms with Gasteiger partial charge in [0.05, 0.1) is 17.8 Å². The van der Waals surface area contributed by atoms with Gasteiger partial charge in [-0.1, -0.05) is 0 Å². The monoisotopic (exact) mass is 192 g/mol. The van der Waals surface area contributed by atoms with Crippen LogP contribution in [0.3, 0.4) is 0 Å². The lowest BCUT2D eigenvalue weighted by molar-refractivity contribution is 0.101. The van der Waals surface area contributed by atoms with E-state index in [2.05, 4.69) is 12.0 Å². The molecule has 0 radical (unpaired) electrons. The van der Waals surface area contributed by atoms with E-state index in [9.17, 15) is 4.79 Å². The molecule has 0 amide bonds. The van der Waals surface area contributed by atoms with Crippen LogP contribution in [0.4, 0.5) is 0 Å². The maximum absolute atomic E-state index is 11.2. The third-order valence-electron chi connectivity index (χ3n) is 3.11. The van der Waals surface area contributed by atoms with Crippen molar-refractivity contribution in [3.63, 3.8) is 0 Å². The average Bonchev–Trinajstić information content (AvgIpc) is 2.88. The van der Waals surface area contributed by atoms with Crippen LogP contribution in [0.2, 0.25) is 0 Å². The van der Waals surface area contributed by atoms with Crippen LogP contribution in [0, 0.1) is 12.8 Å². The highest BCUT2D eigenvalue weighted by Crippen LogP contribution is 2.39. The molecule has 1 heterocycles. The molecule has 3 heteroatoms. The summed E-state index contributed by atoms with van der Waals surface area (Å²) in [6, 6.07) is 0.447. The van der Waals surface area contributed by atoms with Crippen LogP contribution in [0.1, 0.15) is 48.8 Å². The number of carbonyl (C=O) groups excluding carboxylic acids is 1. The second-order valence-corrected chi connectivity index (χ2v) is 4.22. The molecule has 1 aromatic heterocycles. The minimum atomic E-state index is 0.108. The number of nitrogens with zero attached hydrogens (tertiary/aromatic N) is 2. The lowest BCUT2D eigenvalue weighted by Crippen LogP contribution is -2.11. The van der Waals surface area contributed by atoms with E-state index >= 15 is 0 Å². The van der Waals surface area contributed by atoms with E-state index in [1.807, 2.05) is 11.6 Å². The first kappa shape index (κ1) is 9.44. The molecule has 0 aromatic carbocycles. The van der Waals surface area contributed by atoms with E-state index in [0.717, 1.165) is 17.2 Å². The van der Waals surface area contributed by atoms with Crippen LogP contribution < -0.4 is 0 Å². The Morgan fingerprint density at radius 1 is 1.64 bits per heavy atom. The zero-order valence-corrected chi connectivity index (χ0v) is 8.95. The first-order chi connectivity index (χ1) is 6.61. The second kappa shape index (κ2) is 3.23. The Morgan fingerprint density at radius 2 is 2.29 bits per heavy atom.